The van der Waals surface area contributed by atoms with Crippen molar-refractivity contribution in [1.29, 1.82) is 0 Å². The fourth-order valence-electron chi connectivity index (χ4n) is 2.24. The Hall–Kier alpha value is -1.15. The van der Waals surface area contributed by atoms with Crippen LogP contribution in [0, 0.1) is 6.92 Å². The van der Waals surface area contributed by atoms with Crippen molar-refractivity contribution in [1.82, 2.24) is 20.4 Å². The Morgan fingerprint density at radius 1 is 1.59 bits per heavy atom. The van der Waals surface area contributed by atoms with E-state index in [1.54, 1.807) is 6.92 Å². The third-order valence-corrected chi connectivity index (χ3v) is 4.03. The van der Waals surface area contributed by atoms with Gasteiger partial charge in [-0.1, -0.05) is 11.6 Å². The maximum Gasteiger partial charge on any atom is 0.273 e. The first kappa shape index (κ1) is 17.2. The minimum Gasteiger partial charge on any atom is -0.379 e. The van der Waals surface area contributed by atoms with Crippen molar-refractivity contribution in [3.63, 3.8) is 0 Å². The molecule has 0 radical (unpaired) electrons. The number of hydrogen-bond donors (Lipinski definition) is 2. The van der Waals surface area contributed by atoms with Gasteiger partial charge in [0.15, 0.2) is 5.69 Å². The molecule has 22 heavy (non-hydrogen) atoms. The van der Waals surface area contributed by atoms with Crippen LogP contribution in [-0.4, -0.2) is 73.6 Å². The van der Waals surface area contributed by atoms with E-state index in [0.29, 0.717) is 30.5 Å². The quantitative estimate of drug-likeness (QED) is 0.808. The number of halogens is 1. The Morgan fingerprint density at radius 2 is 2.36 bits per heavy atom. The summed E-state index contributed by atoms with van der Waals surface area (Å²) in [5.41, 5.74) is 0.877. The zero-order valence-electron chi connectivity index (χ0n) is 13.2. The van der Waals surface area contributed by atoms with E-state index in [9.17, 15) is 4.79 Å². The molecule has 124 valence electrons. The second kappa shape index (κ2) is 7.92. The molecule has 0 aliphatic carbocycles. The number of ether oxygens (including phenoxy) is 2. The summed E-state index contributed by atoms with van der Waals surface area (Å²) in [7, 11) is 3.99. The summed E-state index contributed by atoms with van der Waals surface area (Å²) < 4.78 is 11.3. The molecule has 0 spiro atoms. The Morgan fingerprint density at radius 3 is 3.00 bits per heavy atom. The number of rotatable bonds is 6. The van der Waals surface area contributed by atoms with Gasteiger partial charge in [0.2, 0.25) is 0 Å². The highest BCUT2D eigenvalue weighted by Gasteiger charge is 2.29. The van der Waals surface area contributed by atoms with Crippen LogP contribution in [-0.2, 0) is 9.47 Å². The lowest BCUT2D eigenvalue weighted by atomic mass is 10.1. The summed E-state index contributed by atoms with van der Waals surface area (Å²) >= 11 is 6.05. The highest BCUT2D eigenvalue weighted by molar-refractivity contribution is 6.34. The molecule has 0 saturated carbocycles. The third-order valence-electron chi connectivity index (χ3n) is 3.57. The van der Waals surface area contributed by atoms with Gasteiger partial charge < -0.3 is 19.7 Å². The highest BCUT2D eigenvalue weighted by atomic mass is 35.5. The topological polar surface area (TPSA) is 79.5 Å². The summed E-state index contributed by atoms with van der Waals surface area (Å²) in [5.74, 6) is -0.314. The van der Waals surface area contributed by atoms with E-state index in [-0.39, 0.29) is 23.7 Å². The standard InChI is InChI=1S/C14H23ClN4O3/c1-9-12(15)13(18-17-9)14(20)16-10-8-21-6-4-11(10)22-7-5-19(2)3/h10-11H,4-8H2,1-3H3,(H,16,20)(H,17,18)/t10-,11+/m1/s1. The molecule has 2 heterocycles. The molecule has 1 fully saturated rings. The van der Waals surface area contributed by atoms with Gasteiger partial charge in [-0.15, -0.1) is 0 Å². The predicted molar refractivity (Wildman–Crippen MR) is 83.3 cm³/mol. The van der Waals surface area contributed by atoms with Crippen LogP contribution in [0.2, 0.25) is 5.02 Å². The maximum atomic E-state index is 12.3. The molecule has 8 heteroatoms. The van der Waals surface area contributed by atoms with Crippen molar-refractivity contribution in [2.24, 2.45) is 0 Å². The lowest BCUT2D eigenvalue weighted by Crippen LogP contribution is -2.51. The van der Waals surface area contributed by atoms with E-state index in [1.807, 2.05) is 14.1 Å². The number of carbonyl (C=O) groups is 1. The van der Waals surface area contributed by atoms with Crippen molar-refractivity contribution >= 4 is 17.5 Å². The Kier molecular flexibility index (Phi) is 6.19. The number of aromatic amines is 1. The summed E-state index contributed by atoms with van der Waals surface area (Å²) in [4.78, 5) is 14.3. The SMILES string of the molecule is Cc1[nH]nc(C(=O)N[C@@H]2COCC[C@@H]2OCCN(C)C)c1Cl. The molecule has 0 aromatic carbocycles. The van der Waals surface area contributed by atoms with Crippen LogP contribution in [0.1, 0.15) is 22.6 Å². The second-order valence-electron chi connectivity index (χ2n) is 5.67. The minimum atomic E-state index is -0.314. The summed E-state index contributed by atoms with van der Waals surface area (Å²) in [6, 6.07) is -0.198. The Bertz CT molecular complexity index is 506. The minimum absolute atomic E-state index is 0.0588. The Labute approximate surface area is 135 Å². The van der Waals surface area contributed by atoms with Gasteiger partial charge in [-0.05, 0) is 27.4 Å². The molecule has 1 aliphatic heterocycles. The van der Waals surface area contributed by atoms with Crippen LogP contribution in [0.3, 0.4) is 0 Å². The van der Waals surface area contributed by atoms with Crippen molar-refractivity contribution in [3.05, 3.63) is 16.4 Å². The van der Waals surface area contributed by atoms with Gasteiger partial charge in [0.25, 0.3) is 5.91 Å². The van der Waals surface area contributed by atoms with E-state index >= 15 is 0 Å². The number of carbonyl (C=O) groups excluding carboxylic acids is 1. The fourth-order valence-corrected chi connectivity index (χ4v) is 2.41. The smallest absolute Gasteiger partial charge is 0.273 e. The molecule has 7 nitrogen and oxygen atoms in total. The van der Waals surface area contributed by atoms with Crippen molar-refractivity contribution in [2.45, 2.75) is 25.5 Å². The molecular weight excluding hydrogens is 308 g/mol. The maximum absolute atomic E-state index is 12.3. The number of hydrogen-bond acceptors (Lipinski definition) is 5. The third kappa shape index (κ3) is 4.42. The first-order valence-corrected chi connectivity index (χ1v) is 7.72. The molecule has 1 aromatic rings. The monoisotopic (exact) mass is 330 g/mol. The second-order valence-corrected chi connectivity index (χ2v) is 6.05. The molecule has 1 aromatic heterocycles. The average molecular weight is 331 g/mol. The van der Waals surface area contributed by atoms with Crippen molar-refractivity contribution in [3.8, 4) is 0 Å². The molecule has 0 bridgehead atoms. The number of aromatic nitrogens is 2. The molecule has 1 saturated heterocycles. The largest absolute Gasteiger partial charge is 0.379 e. The van der Waals surface area contributed by atoms with Gasteiger partial charge in [-0.3, -0.25) is 9.89 Å². The van der Waals surface area contributed by atoms with Crippen LogP contribution in [0.5, 0.6) is 0 Å². The van der Waals surface area contributed by atoms with Gasteiger partial charge in [-0.25, -0.2) is 0 Å². The molecular formula is C14H23ClN4O3. The van der Waals surface area contributed by atoms with E-state index < -0.39 is 0 Å². The van der Waals surface area contributed by atoms with E-state index in [0.717, 1.165) is 13.0 Å². The van der Waals surface area contributed by atoms with Gasteiger partial charge >= 0.3 is 0 Å². The lowest BCUT2D eigenvalue weighted by molar-refractivity contribution is -0.0562. The molecule has 0 unspecified atom stereocenters. The fraction of sp³-hybridized carbons (Fsp3) is 0.714. The van der Waals surface area contributed by atoms with Crippen LogP contribution >= 0.6 is 11.6 Å². The molecule has 2 N–H and O–H groups in total. The summed E-state index contributed by atoms with van der Waals surface area (Å²) in [5, 5.41) is 9.89. The summed E-state index contributed by atoms with van der Waals surface area (Å²) in [6.07, 6.45) is 0.697. The summed E-state index contributed by atoms with van der Waals surface area (Å²) in [6.45, 7) is 4.29. The van der Waals surface area contributed by atoms with E-state index in [2.05, 4.69) is 20.4 Å². The normalized spacial score (nSPS) is 22.0. The first-order valence-electron chi connectivity index (χ1n) is 7.34. The van der Waals surface area contributed by atoms with Crippen LogP contribution in [0.25, 0.3) is 0 Å². The number of nitrogens with zero attached hydrogens (tertiary/aromatic N) is 2. The van der Waals surface area contributed by atoms with E-state index in [1.165, 1.54) is 0 Å². The Balaban J connectivity index is 1.93. The average Bonchev–Trinajstić information content (AvgIpc) is 2.80. The van der Waals surface area contributed by atoms with Crippen LogP contribution in [0.4, 0.5) is 0 Å². The zero-order valence-corrected chi connectivity index (χ0v) is 13.9. The van der Waals surface area contributed by atoms with Crippen LogP contribution < -0.4 is 5.32 Å². The van der Waals surface area contributed by atoms with E-state index in [4.69, 9.17) is 21.1 Å². The van der Waals surface area contributed by atoms with Gasteiger partial charge in [0, 0.05) is 13.2 Å². The lowest BCUT2D eigenvalue weighted by Gasteiger charge is -2.32. The molecule has 1 aliphatic rings. The van der Waals surface area contributed by atoms with Crippen LogP contribution in [0.15, 0.2) is 0 Å². The number of aryl methyl sites for hydroxylation is 1. The first-order chi connectivity index (χ1) is 10.5. The van der Waals surface area contributed by atoms with Gasteiger partial charge in [0.1, 0.15) is 0 Å². The zero-order chi connectivity index (χ0) is 16.1. The number of likely N-dealkylation sites (N-methyl/N-ethyl adjacent to an activating group) is 1. The van der Waals surface area contributed by atoms with Crippen molar-refractivity contribution in [2.75, 3.05) is 40.5 Å². The highest BCUT2D eigenvalue weighted by Crippen LogP contribution is 2.18. The molecule has 2 rings (SSSR count). The predicted octanol–water partition coefficient (Wildman–Crippen LogP) is 0.837. The molecule has 1 amide bonds. The van der Waals surface area contributed by atoms with Crippen molar-refractivity contribution < 1.29 is 14.3 Å². The van der Waals surface area contributed by atoms with Gasteiger partial charge in [0.05, 0.1) is 36.1 Å². The number of nitrogens with one attached hydrogen (secondary N) is 2. The van der Waals surface area contributed by atoms with Gasteiger partial charge in [-0.2, -0.15) is 5.10 Å². The number of H-pyrrole nitrogens is 1. The number of amides is 1. The molecule has 2 atom stereocenters.